The number of rotatable bonds is 3. The summed E-state index contributed by atoms with van der Waals surface area (Å²) in [6.07, 6.45) is 1.17. The lowest BCUT2D eigenvalue weighted by molar-refractivity contribution is 0.104. The molecule has 0 N–H and O–H groups in total. The summed E-state index contributed by atoms with van der Waals surface area (Å²) in [5.41, 5.74) is 0. The predicted octanol–water partition coefficient (Wildman–Crippen LogP) is 1.82. The van der Waals surface area contributed by atoms with Gasteiger partial charge in [0.25, 0.3) is 0 Å². The van der Waals surface area contributed by atoms with E-state index in [0.717, 1.165) is 13.0 Å². The standard InChI is InChI=1S/C8H14O/c1-4-6-8(3)9-7-5-2/h8H,5,7H2,1-3H3. The van der Waals surface area contributed by atoms with E-state index in [2.05, 4.69) is 18.8 Å². The highest BCUT2D eigenvalue weighted by Crippen LogP contribution is 1.88. The highest BCUT2D eigenvalue weighted by Gasteiger charge is 1.91. The van der Waals surface area contributed by atoms with Crippen molar-refractivity contribution >= 4 is 0 Å². The molecular weight excluding hydrogens is 112 g/mol. The Bertz CT molecular complexity index is 107. The first-order valence-electron chi connectivity index (χ1n) is 3.35. The van der Waals surface area contributed by atoms with Crippen molar-refractivity contribution in [1.29, 1.82) is 0 Å². The van der Waals surface area contributed by atoms with E-state index in [9.17, 15) is 0 Å². The summed E-state index contributed by atoms with van der Waals surface area (Å²) < 4.78 is 5.26. The zero-order chi connectivity index (χ0) is 7.11. The minimum absolute atomic E-state index is 0.106. The zero-order valence-corrected chi connectivity index (χ0v) is 6.40. The van der Waals surface area contributed by atoms with Gasteiger partial charge >= 0.3 is 0 Å². The molecule has 1 heteroatoms. The van der Waals surface area contributed by atoms with Crippen molar-refractivity contribution in [2.75, 3.05) is 6.61 Å². The Balaban J connectivity index is 3.23. The van der Waals surface area contributed by atoms with Crippen LogP contribution in [0.5, 0.6) is 0 Å². The van der Waals surface area contributed by atoms with Crippen LogP contribution in [0.25, 0.3) is 0 Å². The second-order valence-corrected chi connectivity index (χ2v) is 1.91. The smallest absolute Gasteiger partial charge is 0.115 e. The molecule has 1 unspecified atom stereocenters. The summed E-state index contributed by atoms with van der Waals surface area (Å²) in [5.74, 6) is 5.71. The topological polar surface area (TPSA) is 9.23 Å². The molecule has 0 rings (SSSR count). The summed E-state index contributed by atoms with van der Waals surface area (Å²) >= 11 is 0. The van der Waals surface area contributed by atoms with Crippen molar-refractivity contribution in [2.24, 2.45) is 0 Å². The summed E-state index contributed by atoms with van der Waals surface area (Å²) in [7, 11) is 0. The first-order chi connectivity index (χ1) is 4.31. The van der Waals surface area contributed by atoms with Gasteiger partial charge in [-0.1, -0.05) is 12.8 Å². The Morgan fingerprint density at radius 2 is 2.22 bits per heavy atom. The van der Waals surface area contributed by atoms with Crippen LogP contribution in [0, 0.1) is 11.8 Å². The van der Waals surface area contributed by atoms with Gasteiger partial charge < -0.3 is 4.74 Å². The molecule has 1 atom stereocenters. The first-order valence-corrected chi connectivity index (χ1v) is 3.35. The van der Waals surface area contributed by atoms with Gasteiger partial charge in [0.15, 0.2) is 0 Å². The van der Waals surface area contributed by atoms with E-state index in [-0.39, 0.29) is 6.10 Å². The van der Waals surface area contributed by atoms with Crippen LogP contribution in [0.4, 0.5) is 0 Å². The summed E-state index contributed by atoms with van der Waals surface area (Å²) in [6.45, 7) is 6.69. The fourth-order valence-electron chi connectivity index (χ4n) is 0.540. The molecule has 0 aliphatic carbocycles. The maximum Gasteiger partial charge on any atom is 0.115 e. The molecule has 0 aliphatic rings. The van der Waals surface area contributed by atoms with Crippen LogP contribution in [0.15, 0.2) is 0 Å². The molecule has 52 valence electrons. The van der Waals surface area contributed by atoms with Crippen LogP contribution in [-0.2, 0) is 4.74 Å². The second kappa shape index (κ2) is 5.65. The van der Waals surface area contributed by atoms with Crippen molar-refractivity contribution in [2.45, 2.75) is 33.3 Å². The average molecular weight is 126 g/mol. The predicted molar refractivity (Wildman–Crippen MR) is 39.2 cm³/mol. The lowest BCUT2D eigenvalue weighted by Gasteiger charge is -2.02. The van der Waals surface area contributed by atoms with Crippen LogP contribution in [0.1, 0.15) is 27.2 Å². The molecule has 0 aromatic rings. The van der Waals surface area contributed by atoms with Crippen LogP contribution in [0.2, 0.25) is 0 Å². The van der Waals surface area contributed by atoms with Gasteiger partial charge in [0.2, 0.25) is 0 Å². The lowest BCUT2D eigenvalue weighted by Crippen LogP contribution is -2.05. The Morgan fingerprint density at radius 1 is 1.56 bits per heavy atom. The molecule has 1 nitrogen and oxygen atoms in total. The van der Waals surface area contributed by atoms with Crippen molar-refractivity contribution in [1.82, 2.24) is 0 Å². The van der Waals surface area contributed by atoms with E-state index in [0.29, 0.717) is 0 Å². The number of ether oxygens (including phenoxy) is 1. The van der Waals surface area contributed by atoms with Gasteiger partial charge in [-0.05, 0) is 20.3 Å². The molecule has 0 aromatic carbocycles. The quantitative estimate of drug-likeness (QED) is 0.524. The molecule has 0 aliphatic heterocycles. The van der Waals surface area contributed by atoms with Gasteiger partial charge in [-0.2, -0.15) is 0 Å². The van der Waals surface area contributed by atoms with E-state index in [4.69, 9.17) is 4.74 Å². The molecule has 0 amide bonds. The molecular formula is C8H14O. The van der Waals surface area contributed by atoms with E-state index in [1.807, 2.05) is 13.8 Å². The van der Waals surface area contributed by atoms with Crippen LogP contribution in [-0.4, -0.2) is 12.7 Å². The Kier molecular flexibility index (Phi) is 5.35. The zero-order valence-electron chi connectivity index (χ0n) is 6.40. The molecule has 0 saturated heterocycles. The molecule has 0 spiro atoms. The molecule has 0 radical (unpaired) electrons. The number of hydrogen-bond donors (Lipinski definition) is 0. The fraction of sp³-hybridized carbons (Fsp3) is 0.750. The normalized spacial score (nSPS) is 11.9. The highest BCUT2D eigenvalue weighted by atomic mass is 16.5. The van der Waals surface area contributed by atoms with E-state index >= 15 is 0 Å². The van der Waals surface area contributed by atoms with Crippen molar-refractivity contribution < 1.29 is 4.74 Å². The minimum atomic E-state index is 0.106. The average Bonchev–Trinajstić information content (AvgIpc) is 1.85. The first kappa shape index (κ1) is 8.52. The van der Waals surface area contributed by atoms with Crippen molar-refractivity contribution in [3.63, 3.8) is 0 Å². The largest absolute Gasteiger partial charge is 0.366 e. The Morgan fingerprint density at radius 3 is 2.67 bits per heavy atom. The lowest BCUT2D eigenvalue weighted by atomic mass is 10.4. The SMILES string of the molecule is CC#CC(C)OCCC. The van der Waals surface area contributed by atoms with Gasteiger partial charge in [0, 0.05) is 6.61 Å². The summed E-state index contributed by atoms with van der Waals surface area (Å²) in [5, 5.41) is 0. The highest BCUT2D eigenvalue weighted by molar-refractivity contribution is 5.00. The van der Waals surface area contributed by atoms with Gasteiger partial charge in [0.1, 0.15) is 6.10 Å². The van der Waals surface area contributed by atoms with Crippen LogP contribution in [0.3, 0.4) is 0 Å². The second-order valence-electron chi connectivity index (χ2n) is 1.91. The molecule has 0 aromatic heterocycles. The van der Waals surface area contributed by atoms with Crippen LogP contribution >= 0.6 is 0 Å². The van der Waals surface area contributed by atoms with Gasteiger partial charge in [0.05, 0.1) is 0 Å². The van der Waals surface area contributed by atoms with Crippen LogP contribution < -0.4 is 0 Å². The third-order valence-corrected chi connectivity index (χ3v) is 0.920. The molecule has 0 fully saturated rings. The fourth-order valence-corrected chi connectivity index (χ4v) is 0.540. The van der Waals surface area contributed by atoms with Gasteiger partial charge in [-0.15, -0.1) is 5.92 Å². The summed E-state index contributed by atoms with van der Waals surface area (Å²) in [4.78, 5) is 0. The molecule has 0 heterocycles. The van der Waals surface area contributed by atoms with E-state index in [1.165, 1.54) is 0 Å². The maximum atomic E-state index is 5.26. The van der Waals surface area contributed by atoms with Gasteiger partial charge in [-0.3, -0.25) is 0 Å². The van der Waals surface area contributed by atoms with Crippen molar-refractivity contribution in [3.05, 3.63) is 0 Å². The van der Waals surface area contributed by atoms with E-state index in [1.54, 1.807) is 0 Å². The Hall–Kier alpha value is -0.480. The maximum absolute atomic E-state index is 5.26. The summed E-state index contributed by atoms with van der Waals surface area (Å²) in [6, 6.07) is 0. The molecule has 0 bridgehead atoms. The number of hydrogen-bond acceptors (Lipinski definition) is 1. The van der Waals surface area contributed by atoms with Crippen molar-refractivity contribution in [3.8, 4) is 11.8 Å². The molecule has 0 saturated carbocycles. The monoisotopic (exact) mass is 126 g/mol. The Labute approximate surface area is 57.4 Å². The third-order valence-electron chi connectivity index (χ3n) is 0.920. The van der Waals surface area contributed by atoms with Gasteiger partial charge in [-0.25, -0.2) is 0 Å². The molecule has 9 heavy (non-hydrogen) atoms. The van der Waals surface area contributed by atoms with E-state index < -0.39 is 0 Å². The minimum Gasteiger partial charge on any atom is -0.366 e. The third kappa shape index (κ3) is 5.39.